The van der Waals surface area contributed by atoms with Crippen LogP contribution in [0.15, 0.2) is 34.8 Å². The lowest BCUT2D eigenvalue weighted by Crippen LogP contribution is -2.08. The summed E-state index contributed by atoms with van der Waals surface area (Å²) in [6.45, 7) is 6.44. The number of methoxy groups -OCH3 is 1. The molecule has 0 radical (unpaired) electrons. The molecule has 2 aromatic rings. The minimum atomic E-state index is 0.00912. The van der Waals surface area contributed by atoms with E-state index in [-0.39, 0.29) is 11.2 Å². The number of hydrogen-bond donors (Lipinski definition) is 0. The van der Waals surface area contributed by atoms with Gasteiger partial charge in [-0.1, -0.05) is 36.7 Å². The van der Waals surface area contributed by atoms with E-state index in [0.717, 1.165) is 9.35 Å². The maximum Gasteiger partial charge on any atom is 0.206 e. The van der Waals surface area contributed by atoms with Crippen LogP contribution >= 0.6 is 27.3 Å². The first-order valence-corrected chi connectivity index (χ1v) is 7.92. The van der Waals surface area contributed by atoms with Gasteiger partial charge in [-0.15, -0.1) is 11.3 Å². The second-order valence-corrected chi connectivity index (χ2v) is 7.59. The fourth-order valence-electron chi connectivity index (χ4n) is 1.85. The van der Waals surface area contributed by atoms with Crippen LogP contribution in [0.2, 0.25) is 0 Å². The summed E-state index contributed by atoms with van der Waals surface area (Å²) in [6.07, 6.45) is 0. The summed E-state index contributed by atoms with van der Waals surface area (Å²) >= 11 is 4.93. The van der Waals surface area contributed by atoms with Crippen molar-refractivity contribution in [1.82, 2.24) is 0 Å². The summed E-state index contributed by atoms with van der Waals surface area (Å²) in [7, 11) is 1.58. The minimum absolute atomic E-state index is 0.00912. The lowest BCUT2D eigenvalue weighted by atomic mass is 9.95. The van der Waals surface area contributed by atoms with Gasteiger partial charge < -0.3 is 4.74 Å². The van der Waals surface area contributed by atoms with Gasteiger partial charge in [-0.25, -0.2) is 0 Å². The molecule has 0 amide bonds. The van der Waals surface area contributed by atoms with Crippen LogP contribution in [-0.4, -0.2) is 12.9 Å². The third-order valence-electron chi connectivity index (χ3n) is 2.98. The summed E-state index contributed by atoms with van der Waals surface area (Å²) in [5.74, 6) is 0.602. The van der Waals surface area contributed by atoms with E-state index in [2.05, 4.69) is 36.7 Å². The Kier molecular flexibility index (Phi) is 4.35. The van der Waals surface area contributed by atoms with Crippen molar-refractivity contribution in [2.75, 3.05) is 7.11 Å². The number of rotatable bonds is 3. The topological polar surface area (TPSA) is 26.3 Å². The van der Waals surface area contributed by atoms with E-state index in [1.807, 2.05) is 24.3 Å². The number of carbonyl (C=O) groups excluding carboxylic acids is 1. The maximum atomic E-state index is 12.6. The second kappa shape index (κ2) is 5.70. The Bertz CT molecular complexity index is 638. The van der Waals surface area contributed by atoms with Crippen LogP contribution in [0.1, 0.15) is 40.9 Å². The van der Waals surface area contributed by atoms with Crippen molar-refractivity contribution in [3.05, 3.63) is 50.1 Å². The molecule has 1 aromatic carbocycles. The van der Waals surface area contributed by atoms with Crippen LogP contribution < -0.4 is 4.74 Å². The van der Waals surface area contributed by atoms with E-state index in [1.165, 1.54) is 4.88 Å². The molecule has 0 aliphatic heterocycles. The number of benzene rings is 1. The van der Waals surface area contributed by atoms with Crippen molar-refractivity contribution in [3.63, 3.8) is 0 Å². The Hall–Kier alpha value is -1.13. The van der Waals surface area contributed by atoms with Crippen LogP contribution in [0.4, 0.5) is 0 Å². The molecule has 0 bridgehead atoms. The molecule has 0 N–H and O–H groups in total. The van der Waals surface area contributed by atoms with E-state index in [4.69, 9.17) is 4.74 Å². The normalized spacial score (nSPS) is 11.4. The molecule has 0 saturated carbocycles. The molecule has 0 atom stereocenters. The number of ether oxygens (including phenoxy) is 1. The summed E-state index contributed by atoms with van der Waals surface area (Å²) in [4.78, 5) is 14.5. The molecule has 0 unspecified atom stereocenters. The SMILES string of the molecule is COc1cc(Br)ccc1C(=O)c1ccc(C(C)(C)C)s1. The summed E-state index contributed by atoms with van der Waals surface area (Å²) in [5.41, 5.74) is 0.658. The van der Waals surface area contributed by atoms with E-state index < -0.39 is 0 Å². The van der Waals surface area contributed by atoms with Gasteiger partial charge in [0, 0.05) is 9.35 Å². The highest BCUT2D eigenvalue weighted by Gasteiger charge is 2.21. The number of hydrogen-bond acceptors (Lipinski definition) is 3. The van der Waals surface area contributed by atoms with Crippen LogP contribution in [0.25, 0.3) is 0 Å². The van der Waals surface area contributed by atoms with Crippen molar-refractivity contribution in [1.29, 1.82) is 0 Å². The predicted molar refractivity (Wildman–Crippen MR) is 87.1 cm³/mol. The van der Waals surface area contributed by atoms with Crippen molar-refractivity contribution in [3.8, 4) is 5.75 Å². The zero-order valence-electron chi connectivity index (χ0n) is 12.0. The largest absolute Gasteiger partial charge is 0.496 e. The highest BCUT2D eigenvalue weighted by atomic mass is 79.9. The standard InChI is InChI=1S/C16H17BrO2S/c1-16(2,3)14-8-7-13(20-14)15(18)11-6-5-10(17)9-12(11)19-4/h5-9H,1-4H3. The van der Waals surface area contributed by atoms with Gasteiger partial charge in [0.25, 0.3) is 0 Å². The van der Waals surface area contributed by atoms with E-state index in [1.54, 1.807) is 24.5 Å². The van der Waals surface area contributed by atoms with Gasteiger partial charge in [0.1, 0.15) is 5.75 Å². The van der Waals surface area contributed by atoms with Crippen molar-refractivity contribution >= 4 is 33.0 Å². The molecule has 1 heterocycles. The zero-order chi connectivity index (χ0) is 14.9. The molecule has 106 valence electrons. The number of halogens is 1. The summed E-state index contributed by atoms with van der Waals surface area (Å²) in [6, 6.07) is 9.39. The van der Waals surface area contributed by atoms with Crippen LogP contribution in [-0.2, 0) is 5.41 Å². The lowest BCUT2D eigenvalue weighted by Gasteiger charge is -2.15. The number of thiophene rings is 1. The van der Waals surface area contributed by atoms with Gasteiger partial charge in [0.15, 0.2) is 0 Å². The quantitative estimate of drug-likeness (QED) is 0.722. The Labute approximate surface area is 131 Å². The molecule has 20 heavy (non-hydrogen) atoms. The zero-order valence-corrected chi connectivity index (χ0v) is 14.4. The Balaban J connectivity index is 2.39. The first kappa shape index (κ1) is 15.3. The predicted octanol–water partition coefficient (Wildman–Crippen LogP) is 5.05. The van der Waals surface area contributed by atoms with Crippen molar-refractivity contribution in [2.45, 2.75) is 26.2 Å². The molecule has 1 aromatic heterocycles. The monoisotopic (exact) mass is 352 g/mol. The molecule has 0 fully saturated rings. The summed E-state index contributed by atoms with van der Waals surface area (Å²) < 4.78 is 6.19. The minimum Gasteiger partial charge on any atom is -0.496 e. The molecule has 4 heteroatoms. The average molecular weight is 353 g/mol. The van der Waals surface area contributed by atoms with Crippen molar-refractivity contribution < 1.29 is 9.53 Å². The van der Waals surface area contributed by atoms with Crippen LogP contribution in [0.5, 0.6) is 5.75 Å². The Morgan fingerprint density at radius 2 is 1.90 bits per heavy atom. The molecule has 0 aliphatic carbocycles. The fraction of sp³-hybridized carbons (Fsp3) is 0.312. The van der Waals surface area contributed by atoms with Crippen molar-refractivity contribution in [2.24, 2.45) is 0 Å². The highest BCUT2D eigenvalue weighted by Crippen LogP contribution is 2.32. The summed E-state index contributed by atoms with van der Waals surface area (Å²) in [5, 5.41) is 0. The van der Waals surface area contributed by atoms with Gasteiger partial charge >= 0.3 is 0 Å². The van der Waals surface area contributed by atoms with E-state index in [9.17, 15) is 4.79 Å². The lowest BCUT2D eigenvalue weighted by molar-refractivity contribution is 0.103. The highest BCUT2D eigenvalue weighted by molar-refractivity contribution is 9.10. The van der Waals surface area contributed by atoms with Crippen LogP contribution in [0.3, 0.4) is 0 Å². The molecular formula is C16H17BrO2S. The average Bonchev–Trinajstić information content (AvgIpc) is 2.87. The smallest absolute Gasteiger partial charge is 0.206 e. The maximum absolute atomic E-state index is 12.6. The van der Waals surface area contributed by atoms with Gasteiger partial charge in [-0.05, 0) is 35.7 Å². The number of carbonyl (C=O) groups is 1. The second-order valence-electron chi connectivity index (χ2n) is 5.59. The Morgan fingerprint density at radius 3 is 2.45 bits per heavy atom. The molecule has 0 spiro atoms. The van der Waals surface area contributed by atoms with Gasteiger partial charge in [-0.2, -0.15) is 0 Å². The molecule has 2 rings (SSSR count). The first-order valence-electron chi connectivity index (χ1n) is 6.31. The first-order chi connectivity index (χ1) is 9.32. The number of ketones is 1. The third kappa shape index (κ3) is 3.13. The molecule has 2 nitrogen and oxygen atoms in total. The van der Waals surface area contributed by atoms with Crippen LogP contribution in [0, 0.1) is 0 Å². The molecule has 0 aliphatic rings. The Morgan fingerprint density at radius 1 is 1.20 bits per heavy atom. The molecular weight excluding hydrogens is 336 g/mol. The third-order valence-corrected chi connectivity index (χ3v) is 4.98. The van der Waals surface area contributed by atoms with Gasteiger partial charge in [-0.3, -0.25) is 4.79 Å². The molecule has 0 saturated heterocycles. The van der Waals surface area contributed by atoms with E-state index >= 15 is 0 Å². The van der Waals surface area contributed by atoms with Gasteiger partial charge in [0.05, 0.1) is 17.6 Å². The van der Waals surface area contributed by atoms with Gasteiger partial charge in [0.2, 0.25) is 5.78 Å². The van der Waals surface area contributed by atoms with E-state index in [0.29, 0.717) is 11.3 Å². The fourth-order valence-corrected chi connectivity index (χ4v) is 3.21.